The number of carbonyl (C=O) groups is 1. The molecule has 1 amide bonds. The average molecular weight is 601 g/mol. The normalized spacial score (nSPS) is 11.2. The molecule has 0 aliphatic rings. The first-order chi connectivity index (χ1) is 15.4. The van der Waals surface area contributed by atoms with Gasteiger partial charge in [0.2, 0.25) is 5.91 Å². The van der Waals surface area contributed by atoms with E-state index in [1.54, 1.807) is 42.1 Å². The van der Waals surface area contributed by atoms with E-state index in [9.17, 15) is 13.2 Å². The summed E-state index contributed by atoms with van der Waals surface area (Å²) in [7, 11) is -3.89. The van der Waals surface area contributed by atoms with Gasteiger partial charge in [0.15, 0.2) is 0 Å². The van der Waals surface area contributed by atoms with Crippen molar-refractivity contribution in [2.75, 3.05) is 23.1 Å². The summed E-state index contributed by atoms with van der Waals surface area (Å²) in [5.74, 6) is 1.07. The fourth-order valence-electron chi connectivity index (χ4n) is 2.89. The zero-order chi connectivity index (χ0) is 23.0. The molecule has 0 heterocycles. The second-order valence-electron chi connectivity index (χ2n) is 6.80. The molecule has 0 bridgehead atoms. The largest absolute Gasteiger partial charge is 0.354 e. The molecule has 0 saturated carbocycles. The molecular weight excluding hydrogens is 579 g/mol. The van der Waals surface area contributed by atoms with E-state index in [-0.39, 0.29) is 17.3 Å². The molecule has 0 atom stereocenters. The highest BCUT2D eigenvalue weighted by atomic mass is 127. The third-order valence-corrected chi connectivity index (χ3v) is 8.40. The number of hydrogen-bond donors (Lipinski definition) is 1. The van der Waals surface area contributed by atoms with Crippen molar-refractivity contribution in [3.63, 3.8) is 0 Å². The number of sulfonamides is 1. The lowest BCUT2D eigenvalue weighted by Crippen LogP contribution is -2.41. The van der Waals surface area contributed by atoms with Crippen LogP contribution in [0.15, 0.2) is 83.8 Å². The highest BCUT2D eigenvalue weighted by Crippen LogP contribution is 2.24. The Bertz CT molecular complexity index is 1140. The van der Waals surface area contributed by atoms with Gasteiger partial charge in [-0.2, -0.15) is 11.8 Å². The molecule has 32 heavy (non-hydrogen) atoms. The molecule has 3 aromatic rings. The van der Waals surface area contributed by atoms with Crippen LogP contribution in [0, 0.1) is 3.57 Å². The summed E-state index contributed by atoms with van der Waals surface area (Å²) >= 11 is 9.96. The second-order valence-corrected chi connectivity index (χ2v) is 11.4. The minimum Gasteiger partial charge on any atom is -0.354 e. The van der Waals surface area contributed by atoms with Crippen LogP contribution in [0.5, 0.6) is 0 Å². The van der Waals surface area contributed by atoms with Gasteiger partial charge < -0.3 is 5.32 Å². The zero-order valence-electron chi connectivity index (χ0n) is 17.1. The van der Waals surface area contributed by atoms with Crippen molar-refractivity contribution in [2.24, 2.45) is 0 Å². The molecule has 3 rings (SSSR count). The first-order valence-corrected chi connectivity index (χ1v) is 13.8. The van der Waals surface area contributed by atoms with Crippen LogP contribution in [0.1, 0.15) is 5.56 Å². The fourth-order valence-corrected chi connectivity index (χ4v) is 5.83. The van der Waals surface area contributed by atoms with Crippen LogP contribution in [0.2, 0.25) is 5.02 Å². The van der Waals surface area contributed by atoms with Crippen molar-refractivity contribution < 1.29 is 13.2 Å². The van der Waals surface area contributed by atoms with Crippen LogP contribution in [0.4, 0.5) is 5.69 Å². The Balaban J connectivity index is 1.62. The third-order valence-electron chi connectivity index (χ3n) is 4.52. The van der Waals surface area contributed by atoms with Crippen molar-refractivity contribution in [3.8, 4) is 0 Å². The molecular formula is C23H22ClIN2O3S2. The first kappa shape index (κ1) is 24.9. The summed E-state index contributed by atoms with van der Waals surface area (Å²) in [6.07, 6.45) is 0. The van der Waals surface area contributed by atoms with Gasteiger partial charge in [0, 0.05) is 26.6 Å². The van der Waals surface area contributed by atoms with E-state index >= 15 is 0 Å². The number of benzene rings is 3. The molecule has 0 radical (unpaired) electrons. The quantitative estimate of drug-likeness (QED) is 0.257. The number of thioether (sulfide) groups is 1. The SMILES string of the molecule is O=C(CN(c1ccc(I)cc1)S(=O)(=O)c1ccccc1)NCCSCc1ccccc1Cl. The second kappa shape index (κ2) is 11.9. The lowest BCUT2D eigenvalue weighted by molar-refractivity contribution is -0.119. The number of carbonyl (C=O) groups excluding carboxylic acids is 1. The lowest BCUT2D eigenvalue weighted by atomic mass is 10.2. The number of rotatable bonds is 10. The van der Waals surface area contributed by atoms with E-state index in [1.807, 2.05) is 36.4 Å². The number of hydrogen-bond acceptors (Lipinski definition) is 4. The Morgan fingerprint density at radius 2 is 1.62 bits per heavy atom. The Labute approximate surface area is 211 Å². The first-order valence-electron chi connectivity index (χ1n) is 9.79. The minimum absolute atomic E-state index is 0.140. The van der Waals surface area contributed by atoms with Crippen molar-refractivity contribution in [1.29, 1.82) is 0 Å². The van der Waals surface area contributed by atoms with Crippen molar-refractivity contribution >= 4 is 67.6 Å². The maximum absolute atomic E-state index is 13.2. The fraction of sp³-hybridized carbons (Fsp3) is 0.174. The summed E-state index contributed by atoms with van der Waals surface area (Å²) in [6, 6.07) is 22.8. The van der Waals surface area contributed by atoms with Gasteiger partial charge in [-0.25, -0.2) is 8.42 Å². The summed E-state index contributed by atoms with van der Waals surface area (Å²) < 4.78 is 28.6. The number of halogens is 2. The Kier molecular flexibility index (Phi) is 9.27. The Morgan fingerprint density at radius 3 is 2.31 bits per heavy atom. The smallest absolute Gasteiger partial charge is 0.264 e. The van der Waals surface area contributed by atoms with Crippen LogP contribution in [0.25, 0.3) is 0 Å². The van der Waals surface area contributed by atoms with Crippen LogP contribution in [0.3, 0.4) is 0 Å². The Hall–Kier alpha value is -1.75. The molecule has 3 aromatic carbocycles. The molecule has 5 nitrogen and oxygen atoms in total. The third kappa shape index (κ3) is 6.87. The van der Waals surface area contributed by atoms with Gasteiger partial charge in [-0.15, -0.1) is 0 Å². The monoisotopic (exact) mass is 600 g/mol. The molecule has 9 heteroatoms. The van der Waals surface area contributed by atoms with Gasteiger partial charge in [-0.1, -0.05) is 48.0 Å². The van der Waals surface area contributed by atoms with Gasteiger partial charge in [0.25, 0.3) is 10.0 Å². The maximum Gasteiger partial charge on any atom is 0.264 e. The van der Waals surface area contributed by atoms with E-state index in [1.165, 1.54) is 12.1 Å². The standard InChI is InChI=1S/C23H22ClIN2O3S2/c24-22-9-5-4-6-18(22)17-31-15-14-26-23(28)16-27(20-12-10-19(25)11-13-20)32(29,30)21-7-2-1-3-8-21/h1-13H,14-17H2,(H,26,28). The predicted molar refractivity (Wildman–Crippen MR) is 141 cm³/mol. The summed E-state index contributed by atoms with van der Waals surface area (Å²) in [5, 5.41) is 3.54. The van der Waals surface area contributed by atoms with E-state index in [4.69, 9.17) is 11.6 Å². The van der Waals surface area contributed by atoms with E-state index in [2.05, 4.69) is 27.9 Å². The molecule has 0 aromatic heterocycles. The van der Waals surface area contributed by atoms with Crippen LogP contribution < -0.4 is 9.62 Å². The van der Waals surface area contributed by atoms with Gasteiger partial charge in [0.05, 0.1) is 10.6 Å². The van der Waals surface area contributed by atoms with Gasteiger partial charge in [0.1, 0.15) is 6.54 Å². The van der Waals surface area contributed by atoms with Crippen LogP contribution in [-0.2, 0) is 20.6 Å². The summed E-state index contributed by atoms with van der Waals surface area (Å²) in [4.78, 5) is 12.8. The highest BCUT2D eigenvalue weighted by molar-refractivity contribution is 14.1. The molecule has 0 spiro atoms. The van der Waals surface area contributed by atoms with Crippen LogP contribution >= 0.6 is 46.0 Å². The molecule has 0 fully saturated rings. The topological polar surface area (TPSA) is 66.5 Å². The highest BCUT2D eigenvalue weighted by Gasteiger charge is 2.26. The van der Waals surface area contributed by atoms with Crippen molar-refractivity contribution in [3.05, 3.63) is 93.0 Å². The maximum atomic E-state index is 13.2. The number of amides is 1. The summed E-state index contributed by atoms with van der Waals surface area (Å²) in [6.45, 7) is 0.132. The van der Waals surface area contributed by atoms with E-state index in [0.717, 1.165) is 24.2 Å². The molecule has 168 valence electrons. The molecule has 0 saturated heterocycles. The minimum atomic E-state index is -3.89. The Morgan fingerprint density at radius 1 is 0.969 bits per heavy atom. The number of nitrogens with zero attached hydrogens (tertiary/aromatic N) is 1. The van der Waals surface area contributed by atoms with Gasteiger partial charge in [-0.3, -0.25) is 9.10 Å². The lowest BCUT2D eigenvalue weighted by Gasteiger charge is -2.24. The van der Waals surface area contributed by atoms with E-state index in [0.29, 0.717) is 18.0 Å². The van der Waals surface area contributed by atoms with Gasteiger partial charge in [-0.05, 0) is 70.6 Å². The van der Waals surface area contributed by atoms with Gasteiger partial charge >= 0.3 is 0 Å². The number of anilines is 1. The zero-order valence-corrected chi connectivity index (χ0v) is 21.6. The predicted octanol–water partition coefficient (Wildman–Crippen LogP) is 5.19. The molecule has 1 N–H and O–H groups in total. The number of nitrogens with one attached hydrogen (secondary N) is 1. The van der Waals surface area contributed by atoms with Crippen LogP contribution in [-0.4, -0.2) is 33.2 Å². The average Bonchev–Trinajstić information content (AvgIpc) is 2.79. The molecule has 0 aliphatic heterocycles. The molecule has 0 aliphatic carbocycles. The van der Waals surface area contributed by atoms with Crippen molar-refractivity contribution in [2.45, 2.75) is 10.6 Å². The molecule has 0 unspecified atom stereocenters. The van der Waals surface area contributed by atoms with Crippen molar-refractivity contribution in [1.82, 2.24) is 5.32 Å². The summed E-state index contributed by atoms with van der Waals surface area (Å²) in [5.41, 5.74) is 1.49. The van der Waals surface area contributed by atoms with E-state index < -0.39 is 10.0 Å².